The Morgan fingerprint density at radius 2 is 1.09 bits per heavy atom. The summed E-state index contributed by atoms with van der Waals surface area (Å²) < 4.78 is 6.45. The van der Waals surface area contributed by atoms with Crippen LogP contribution in [0.2, 0.25) is 0 Å². The van der Waals surface area contributed by atoms with E-state index in [2.05, 4.69) is 159 Å². The molecule has 1 heteroatoms. The highest BCUT2D eigenvalue weighted by Gasteiger charge is 2.38. The molecule has 1 heterocycles. The van der Waals surface area contributed by atoms with Crippen molar-refractivity contribution >= 4 is 54.3 Å². The van der Waals surface area contributed by atoms with Crippen LogP contribution < -0.4 is 0 Å². The minimum atomic E-state index is -0.150. The fourth-order valence-electron chi connectivity index (χ4n) is 8.21. The molecule has 1 aromatic heterocycles. The maximum absolute atomic E-state index is 6.45. The van der Waals surface area contributed by atoms with Gasteiger partial charge in [0, 0.05) is 16.2 Å². The molecule has 0 radical (unpaired) electrons. The van der Waals surface area contributed by atoms with Gasteiger partial charge < -0.3 is 4.42 Å². The van der Waals surface area contributed by atoms with E-state index in [4.69, 9.17) is 4.42 Å². The highest BCUT2D eigenvalue weighted by Crippen LogP contribution is 2.55. The maximum atomic E-state index is 6.45. The Morgan fingerprint density at radius 3 is 1.91 bits per heavy atom. The molecule has 216 valence electrons. The SMILES string of the molecule is CC1(C)c2ccccc2-c2c(-c3ccc4ccccc4c3)cc3ccc(-c4cccc5oc6cc7ccccc7cc6c45)cc3c21. The monoisotopic (exact) mass is 586 g/mol. The molecule has 0 aliphatic heterocycles. The third kappa shape index (κ3) is 3.51. The smallest absolute Gasteiger partial charge is 0.136 e. The van der Waals surface area contributed by atoms with Crippen LogP contribution in [-0.2, 0) is 5.41 Å². The van der Waals surface area contributed by atoms with Gasteiger partial charge in [0.15, 0.2) is 0 Å². The summed E-state index contributed by atoms with van der Waals surface area (Å²) in [4.78, 5) is 0. The van der Waals surface area contributed by atoms with Crippen molar-refractivity contribution in [3.8, 4) is 33.4 Å². The lowest BCUT2D eigenvalue weighted by molar-refractivity contribution is 0.666. The van der Waals surface area contributed by atoms with Crippen LogP contribution in [0.15, 0.2) is 150 Å². The van der Waals surface area contributed by atoms with E-state index in [1.54, 1.807) is 0 Å². The molecule has 1 aliphatic carbocycles. The molecule has 0 amide bonds. The Kier molecular flexibility index (Phi) is 5.12. The second-order valence-electron chi connectivity index (χ2n) is 13.3. The summed E-state index contributed by atoms with van der Waals surface area (Å²) >= 11 is 0. The first-order valence-corrected chi connectivity index (χ1v) is 16.1. The van der Waals surface area contributed by atoms with Crippen LogP contribution >= 0.6 is 0 Å². The van der Waals surface area contributed by atoms with Crippen LogP contribution in [0.25, 0.3) is 87.6 Å². The third-order valence-corrected chi connectivity index (χ3v) is 10.4. The van der Waals surface area contributed by atoms with Gasteiger partial charge in [-0.25, -0.2) is 0 Å². The molecule has 10 rings (SSSR count). The molecule has 46 heavy (non-hydrogen) atoms. The van der Waals surface area contributed by atoms with E-state index in [0.717, 1.165) is 16.6 Å². The average Bonchev–Trinajstić information content (AvgIpc) is 3.58. The number of fused-ring (bicyclic) bond motifs is 10. The van der Waals surface area contributed by atoms with E-state index in [1.165, 1.54) is 82.2 Å². The van der Waals surface area contributed by atoms with Gasteiger partial charge in [-0.1, -0.05) is 123 Å². The molecule has 8 aromatic carbocycles. The van der Waals surface area contributed by atoms with Crippen LogP contribution in [0.4, 0.5) is 0 Å². The molecule has 1 nitrogen and oxygen atoms in total. The van der Waals surface area contributed by atoms with Crippen LogP contribution in [0.5, 0.6) is 0 Å². The molecule has 0 unspecified atom stereocenters. The number of hydrogen-bond donors (Lipinski definition) is 0. The van der Waals surface area contributed by atoms with Gasteiger partial charge >= 0.3 is 0 Å². The average molecular weight is 587 g/mol. The first-order valence-electron chi connectivity index (χ1n) is 16.1. The van der Waals surface area contributed by atoms with Crippen molar-refractivity contribution in [1.29, 1.82) is 0 Å². The van der Waals surface area contributed by atoms with Gasteiger partial charge in [-0.3, -0.25) is 0 Å². The molecule has 0 atom stereocenters. The minimum absolute atomic E-state index is 0.150. The van der Waals surface area contributed by atoms with E-state index in [1.807, 2.05) is 0 Å². The lowest BCUT2D eigenvalue weighted by atomic mass is 9.78. The molecule has 0 saturated heterocycles. The van der Waals surface area contributed by atoms with Gasteiger partial charge in [0.1, 0.15) is 11.2 Å². The van der Waals surface area contributed by atoms with E-state index >= 15 is 0 Å². The van der Waals surface area contributed by atoms with Crippen LogP contribution in [0, 0.1) is 0 Å². The fourth-order valence-corrected chi connectivity index (χ4v) is 8.21. The van der Waals surface area contributed by atoms with Crippen LogP contribution in [0.1, 0.15) is 25.0 Å². The third-order valence-electron chi connectivity index (χ3n) is 10.4. The van der Waals surface area contributed by atoms with Gasteiger partial charge in [-0.2, -0.15) is 0 Å². The van der Waals surface area contributed by atoms with Crippen LogP contribution in [0.3, 0.4) is 0 Å². The van der Waals surface area contributed by atoms with Gasteiger partial charge in [-0.15, -0.1) is 0 Å². The summed E-state index contributed by atoms with van der Waals surface area (Å²) in [6.45, 7) is 4.78. The number of benzene rings is 8. The van der Waals surface area contributed by atoms with Crippen molar-refractivity contribution in [2.45, 2.75) is 19.3 Å². The predicted molar refractivity (Wildman–Crippen MR) is 195 cm³/mol. The Labute approximate surface area is 267 Å². The number of hydrogen-bond acceptors (Lipinski definition) is 1. The van der Waals surface area contributed by atoms with Crippen molar-refractivity contribution in [2.24, 2.45) is 0 Å². The summed E-state index contributed by atoms with van der Waals surface area (Å²) in [5.74, 6) is 0. The summed E-state index contributed by atoms with van der Waals surface area (Å²) in [5.41, 5.74) is 12.2. The Bertz CT molecular complexity index is 2720. The van der Waals surface area contributed by atoms with Crippen molar-refractivity contribution < 1.29 is 4.42 Å². The van der Waals surface area contributed by atoms with Crippen molar-refractivity contribution in [3.05, 3.63) is 157 Å². The van der Waals surface area contributed by atoms with E-state index in [-0.39, 0.29) is 5.41 Å². The highest BCUT2D eigenvalue weighted by atomic mass is 16.3. The first kappa shape index (κ1) is 25.6. The van der Waals surface area contributed by atoms with Gasteiger partial charge in [-0.05, 0) is 113 Å². The molecule has 0 saturated carbocycles. The Morgan fingerprint density at radius 1 is 0.435 bits per heavy atom. The molecule has 0 fully saturated rings. The fraction of sp³-hybridized carbons (Fsp3) is 0.0667. The number of rotatable bonds is 2. The Balaban J connectivity index is 1.26. The largest absolute Gasteiger partial charge is 0.456 e. The molecule has 1 aliphatic rings. The summed E-state index contributed by atoms with van der Waals surface area (Å²) in [7, 11) is 0. The zero-order valence-corrected chi connectivity index (χ0v) is 25.8. The van der Waals surface area contributed by atoms with Crippen molar-refractivity contribution in [2.75, 3.05) is 0 Å². The Hall–Kier alpha value is -5.66. The van der Waals surface area contributed by atoms with Crippen molar-refractivity contribution in [1.82, 2.24) is 0 Å². The molecular formula is C45H30O. The number of furan rings is 1. The maximum Gasteiger partial charge on any atom is 0.136 e. The topological polar surface area (TPSA) is 13.1 Å². The first-order chi connectivity index (χ1) is 22.5. The summed E-state index contributed by atoms with van der Waals surface area (Å²) in [6, 6.07) is 53.5. The molecule has 0 spiro atoms. The standard InChI is InChI=1S/C45H30O/c1-45(2)39-16-8-7-14-35(39)43-36(31-19-18-27-10-3-4-11-28(27)22-31)24-33-21-20-32(25-37(33)44(43)45)34-15-9-17-40-42(34)38-23-29-12-5-6-13-30(29)26-41(38)46-40/h3-26H,1-2H3. The molecule has 9 aromatic rings. The lowest BCUT2D eigenvalue weighted by Crippen LogP contribution is -2.15. The predicted octanol–water partition coefficient (Wildman–Crippen LogP) is 12.7. The van der Waals surface area contributed by atoms with E-state index < -0.39 is 0 Å². The molecule has 0 N–H and O–H groups in total. The van der Waals surface area contributed by atoms with Gasteiger partial charge in [0.2, 0.25) is 0 Å². The van der Waals surface area contributed by atoms with Crippen LogP contribution in [-0.4, -0.2) is 0 Å². The van der Waals surface area contributed by atoms with E-state index in [9.17, 15) is 0 Å². The van der Waals surface area contributed by atoms with Gasteiger partial charge in [0.05, 0.1) is 0 Å². The zero-order valence-electron chi connectivity index (χ0n) is 25.8. The normalized spacial score (nSPS) is 13.6. The highest BCUT2D eigenvalue weighted by molar-refractivity contribution is 6.16. The zero-order chi connectivity index (χ0) is 30.6. The van der Waals surface area contributed by atoms with Crippen molar-refractivity contribution in [3.63, 3.8) is 0 Å². The summed E-state index contributed by atoms with van der Waals surface area (Å²) in [5, 5.41) is 9.87. The molecular weight excluding hydrogens is 556 g/mol. The lowest BCUT2D eigenvalue weighted by Gasteiger charge is -2.24. The minimum Gasteiger partial charge on any atom is -0.456 e. The summed E-state index contributed by atoms with van der Waals surface area (Å²) in [6.07, 6.45) is 0. The quantitative estimate of drug-likeness (QED) is 0.196. The second-order valence-corrected chi connectivity index (χ2v) is 13.3. The molecule has 0 bridgehead atoms. The van der Waals surface area contributed by atoms with Gasteiger partial charge in [0.25, 0.3) is 0 Å². The van der Waals surface area contributed by atoms with E-state index in [0.29, 0.717) is 0 Å². The second kappa shape index (κ2) is 9.19.